The summed E-state index contributed by atoms with van der Waals surface area (Å²) in [6, 6.07) is 0.135. The fourth-order valence-corrected chi connectivity index (χ4v) is 1.61. The molecule has 0 aliphatic rings. The molecule has 1 aromatic rings. The van der Waals surface area contributed by atoms with Crippen molar-refractivity contribution in [1.82, 2.24) is 15.2 Å². The highest BCUT2D eigenvalue weighted by molar-refractivity contribution is 5.22. The SMILES string of the molecule is Cc1c(C(NN)C(C)(C)C)cnn1C. The van der Waals surface area contributed by atoms with Gasteiger partial charge in [0.2, 0.25) is 0 Å². The molecule has 80 valence electrons. The molecule has 1 rings (SSSR count). The number of aromatic nitrogens is 2. The summed E-state index contributed by atoms with van der Waals surface area (Å²) >= 11 is 0. The van der Waals surface area contributed by atoms with Crippen molar-refractivity contribution >= 4 is 0 Å². The van der Waals surface area contributed by atoms with Gasteiger partial charge in [-0.1, -0.05) is 20.8 Å². The lowest BCUT2D eigenvalue weighted by Gasteiger charge is -2.29. The number of nitrogens with one attached hydrogen (secondary N) is 1. The molecule has 1 atom stereocenters. The second-order valence-electron chi connectivity index (χ2n) is 4.77. The quantitative estimate of drug-likeness (QED) is 0.553. The fraction of sp³-hybridized carbons (Fsp3) is 0.700. The molecule has 0 aliphatic heterocycles. The Bertz CT molecular complexity index is 308. The summed E-state index contributed by atoms with van der Waals surface area (Å²) in [6.45, 7) is 8.52. The van der Waals surface area contributed by atoms with Gasteiger partial charge in [-0.25, -0.2) is 0 Å². The Morgan fingerprint density at radius 2 is 2.07 bits per heavy atom. The van der Waals surface area contributed by atoms with Gasteiger partial charge in [0.1, 0.15) is 0 Å². The van der Waals surface area contributed by atoms with Crippen LogP contribution in [-0.4, -0.2) is 9.78 Å². The average Bonchev–Trinajstić information content (AvgIpc) is 2.35. The maximum atomic E-state index is 5.58. The summed E-state index contributed by atoms with van der Waals surface area (Å²) in [5.74, 6) is 5.58. The second-order valence-corrected chi connectivity index (χ2v) is 4.77. The number of nitrogens with two attached hydrogens (primary N) is 1. The number of nitrogens with zero attached hydrogens (tertiary/aromatic N) is 2. The molecule has 0 saturated carbocycles. The standard InChI is InChI=1S/C10H20N4/c1-7-8(6-12-14(7)5)9(13-11)10(2,3)4/h6,9,13H,11H2,1-5H3. The van der Waals surface area contributed by atoms with E-state index in [0.29, 0.717) is 0 Å². The van der Waals surface area contributed by atoms with Crippen molar-refractivity contribution in [2.75, 3.05) is 0 Å². The first-order chi connectivity index (χ1) is 6.38. The van der Waals surface area contributed by atoms with Crippen LogP contribution in [0.1, 0.15) is 38.1 Å². The topological polar surface area (TPSA) is 55.9 Å². The lowest BCUT2D eigenvalue weighted by molar-refractivity contribution is 0.274. The Morgan fingerprint density at radius 1 is 1.50 bits per heavy atom. The molecule has 4 heteroatoms. The Hall–Kier alpha value is -0.870. The lowest BCUT2D eigenvalue weighted by atomic mass is 9.83. The van der Waals surface area contributed by atoms with Gasteiger partial charge < -0.3 is 0 Å². The molecule has 1 unspecified atom stereocenters. The van der Waals surface area contributed by atoms with Crippen LogP contribution in [0.15, 0.2) is 6.20 Å². The monoisotopic (exact) mass is 196 g/mol. The number of hydrogen-bond donors (Lipinski definition) is 2. The van der Waals surface area contributed by atoms with Crippen LogP contribution >= 0.6 is 0 Å². The van der Waals surface area contributed by atoms with Gasteiger partial charge in [0, 0.05) is 18.3 Å². The van der Waals surface area contributed by atoms with Crippen LogP contribution < -0.4 is 11.3 Å². The van der Waals surface area contributed by atoms with Gasteiger partial charge in [-0.2, -0.15) is 5.10 Å². The molecule has 0 aliphatic carbocycles. The van der Waals surface area contributed by atoms with Gasteiger partial charge in [-0.15, -0.1) is 0 Å². The third kappa shape index (κ3) is 1.96. The first kappa shape index (κ1) is 11.2. The molecule has 3 N–H and O–H groups in total. The molecule has 0 amide bonds. The summed E-state index contributed by atoms with van der Waals surface area (Å²) in [7, 11) is 1.94. The van der Waals surface area contributed by atoms with Crippen LogP contribution in [0.4, 0.5) is 0 Å². The highest BCUT2D eigenvalue weighted by atomic mass is 15.3. The van der Waals surface area contributed by atoms with Crippen LogP contribution in [0, 0.1) is 12.3 Å². The fourth-order valence-electron chi connectivity index (χ4n) is 1.61. The molecule has 0 spiro atoms. The predicted molar refractivity (Wildman–Crippen MR) is 57.5 cm³/mol. The Kier molecular flexibility index (Phi) is 2.97. The van der Waals surface area contributed by atoms with Crippen molar-refractivity contribution in [2.24, 2.45) is 18.3 Å². The van der Waals surface area contributed by atoms with E-state index in [1.807, 2.05) is 17.9 Å². The molecular formula is C10H20N4. The third-order valence-corrected chi connectivity index (χ3v) is 2.62. The van der Waals surface area contributed by atoms with Gasteiger partial charge in [0.25, 0.3) is 0 Å². The maximum Gasteiger partial charge on any atom is 0.0542 e. The summed E-state index contributed by atoms with van der Waals surface area (Å²) in [5, 5.41) is 4.22. The van der Waals surface area contributed by atoms with Gasteiger partial charge in [0.15, 0.2) is 0 Å². The van der Waals surface area contributed by atoms with E-state index >= 15 is 0 Å². The van der Waals surface area contributed by atoms with E-state index in [9.17, 15) is 0 Å². The van der Waals surface area contributed by atoms with E-state index in [0.717, 1.165) is 5.69 Å². The van der Waals surface area contributed by atoms with Crippen molar-refractivity contribution in [3.63, 3.8) is 0 Å². The summed E-state index contributed by atoms with van der Waals surface area (Å²) in [4.78, 5) is 0. The molecular weight excluding hydrogens is 176 g/mol. The van der Waals surface area contributed by atoms with Crippen molar-refractivity contribution in [3.05, 3.63) is 17.5 Å². The normalized spacial score (nSPS) is 14.4. The zero-order valence-electron chi connectivity index (χ0n) is 9.63. The van der Waals surface area contributed by atoms with Crippen LogP contribution in [0.3, 0.4) is 0 Å². The second kappa shape index (κ2) is 3.71. The predicted octanol–water partition coefficient (Wildman–Crippen LogP) is 1.28. The minimum absolute atomic E-state index is 0.0859. The van der Waals surface area contributed by atoms with Crippen molar-refractivity contribution in [1.29, 1.82) is 0 Å². The van der Waals surface area contributed by atoms with E-state index in [1.54, 1.807) is 0 Å². The first-order valence-electron chi connectivity index (χ1n) is 4.82. The Balaban J connectivity index is 3.08. The smallest absolute Gasteiger partial charge is 0.0542 e. The summed E-state index contributed by atoms with van der Waals surface area (Å²) in [5.41, 5.74) is 5.27. The van der Waals surface area contributed by atoms with Gasteiger partial charge in [0.05, 0.1) is 12.2 Å². The van der Waals surface area contributed by atoms with E-state index in [2.05, 4.69) is 38.2 Å². The lowest BCUT2D eigenvalue weighted by Crippen LogP contribution is -2.37. The first-order valence-corrected chi connectivity index (χ1v) is 4.82. The third-order valence-electron chi connectivity index (χ3n) is 2.62. The maximum absolute atomic E-state index is 5.58. The molecule has 14 heavy (non-hydrogen) atoms. The molecule has 0 fully saturated rings. The molecule has 0 aromatic carbocycles. The average molecular weight is 196 g/mol. The zero-order valence-corrected chi connectivity index (χ0v) is 9.63. The number of hydrazine groups is 1. The summed E-state index contributed by atoms with van der Waals surface area (Å²) < 4.78 is 1.87. The molecule has 0 bridgehead atoms. The van der Waals surface area contributed by atoms with E-state index in [4.69, 9.17) is 5.84 Å². The highest BCUT2D eigenvalue weighted by Gasteiger charge is 2.27. The van der Waals surface area contributed by atoms with Gasteiger partial charge >= 0.3 is 0 Å². The van der Waals surface area contributed by atoms with Crippen molar-refractivity contribution in [3.8, 4) is 0 Å². The number of hydrogen-bond acceptors (Lipinski definition) is 3. The van der Waals surface area contributed by atoms with E-state index < -0.39 is 0 Å². The Labute approximate surface area is 85.5 Å². The minimum atomic E-state index is 0.0859. The van der Waals surface area contributed by atoms with Gasteiger partial charge in [-0.05, 0) is 12.3 Å². The van der Waals surface area contributed by atoms with Crippen molar-refractivity contribution < 1.29 is 0 Å². The van der Waals surface area contributed by atoms with Crippen molar-refractivity contribution in [2.45, 2.75) is 33.7 Å². The summed E-state index contributed by atoms with van der Waals surface area (Å²) in [6.07, 6.45) is 1.88. The Morgan fingerprint density at radius 3 is 2.36 bits per heavy atom. The molecule has 1 heterocycles. The molecule has 1 aromatic heterocycles. The van der Waals surface area contributed by atoms with Gasteiger partial charge in [-0.3, -0.25) is 16.0 Å². The van der Waals surface area contributed by atoms with Crippen LogP contribution in [0.5, 0.6) is 0 Å². The number of aryl methyl sites for hydroxylation is 1. The highest BCUT2D eigenvalue weighted by Crippen LogP contribution is 2.33. The van der Waals surface area contributed by atoms with Crippen LogP contribution in [0.2, 0.25) is 0 Å². The van der Waals surface area contributed by atoms with Crippen LogP contribution in [0.25, 0.3) is 0 Å². The van der Waals surface area contributed by atoms with Crippen LogP contribution in [-0.2, 0) is 7.05 Å². The molecule has 0 radical (unpaired) electrons. The molecule has 0 saturated heterocycles. The van der Waals surface area contributed by atoms with E-state index in [-0.39, 0.29) is 11.5 Å². The van der Waals surface area contributed by atoms with E-state index in [1.165, 1.54) is 5.56 Å². The zero-order chi connectivity index (χ0) is 10.9. The largest absolute Gasteiger partial charge is 0.273 e. The number of rotatable bonds is 2. The molecule has 4 nitrogen and oxygen atoms in total. The minimum Gasteiger partial charge on any atom is -0.273 e.